The van der Waals surface area contributed by atoms with Crippen LogP contribution in [0.3, 0.4) is 0 Å². The van der Waals surface area contributed by atoms with E-state index in [9.17, 15) is 14.7 Å². The van der Waals surface area contributed by atoms with Crippen molar-refractivity contribution >= 4 is 44.3 Å². The van der Waals surface area contributed by atoms with Crippen LogP contribution >= 0.6 is 0 Å². The number of nitrogens with one attached hydrogen (secondary N) is 1. The van der Waals surface area contributed by atoms with Gasteiger partial charge in [-0.15, -0.1) is 0 Å². The quantitative estimate of drug-likeness (QED) is 0.394. The van der Waals surface area contributed by atoms with Gasteiger partial charge in [-0.2, -0.15) is 0 Å². The molecule has 0 radical (unpaired) electrons. The van der Waals surface area contributed by atoms with Crippen molar-refractivity contribution in [1.29, 1.82) is 0 Å². The second-order valence-electron chi connectivity index (χ2n) is 7.75. The van der Waals surface area contributed by atoms with E-state index in [4.69, 9.17) is 0 Å². The molecule has 0 saturated carbocycles. The second kappa shape index (κ2) is 8.12. The van der Waals surface area contributed by atoms with Gasteiger partial charge in [0.05, 0.1) is 11.1 Å². The van der Waals surface area contributed by atoms with Gasteiger partial charge in [-0.25, -0.2) is 4.79 Å². The van der Waals surface area contributed by atoms with Gasteiger partial charge in [-0.05, 0) is 45.3 Å². The van der Waals surface area contributed by atoms with Gasteiger partial charge in [-0.1, -0.05) is 66.7 Å². The number of hydrogen-bond acceptors (Lipinski definition) is 3. The summed E-state index contributed by atoms with van der Waals surface area (Å²) in [5.74, 6) is -1.53. The molecule has 1 heterocycles. The van der Waals surface area contributed by atoms with Crippen molar-refractivity contribution in [2.75, 3.05) is 0 Å². The zero-order valence-corrected chi connectivity index (χ0v) is 17.2. The Kier molecular flexibility index (Phi) is 5.00. The molecule has 156 valence electrons. The number of amides is 1. The van der Waals surface area contributed by atoms with Crippen LogP contribution in [0.2, 0.25) is 0 Å². The molecule has 1 aromatic heterocycles. The summed E-state index contributed by atoms with van der Waals surface area (Å²) >= 11 is 0. The molecule has 0 bridgehead atoms. The zero-order chi connectivity index (χ0) is 22.1. The normalized spacial score (nSPS) is 12.1. The number of nitrogens with zero attached hydrogens (tertiary/aromatic N) is 1. The highest BCUT2D eigenvalue weighted by Gasteiger charge is 2.24. The third-order valence-corrected chi connectivity index (χ3v) is 5.77. The van der Waals surface area contributed by atoms with E-state index in [0.29, 0.717) is 11.1 Å². The standard InChI is InChI=1S/C27H20N2O3/c30-26(22-13-5-9-17-10-6-14-28-25(17)22)29-24(27(31)32)16-23-20-11-3-1-7-18(20)15-19-8-2-4-12-21(19)23/h1-15,24H,16H2,(H,29,30)(H,31,32)/t24-/m0/s1. The van der Waals surface area contributed by atoms with Gasteiger partial charge in [-0.3, -0.25) is 9.78 Å². The molecule has 5 rings (SSSR count). The monoisotopic (exact) mass is 420 g/mol. The van der Waals surface area contributed by atoms with Crippen molar-refractivity contribution in [2.45, 2.75) is 12.5 Å². The van der Waals surface area contributed by atoms with Crippen molar-refractivity contribution in [1.82, 2.24) is 10.3 Å². The fourth-order valence-corrected chi connectivity index (χ4v) is 4.26. The number of hydrogen-bond donors (Lipinski definition) is 2. The number of fused-ring (bicyclic) bond motifs is 3. The van der Waals surface area contributed by atoms with Crippen LogP contribution in [0.1, 0.15) is 15.9 Å². The van der Waals surface area contributed by atoms with Crippen LogP contribution in [0, 0.1) is 0 Å². The van der Waals surface area contributed by atoms with Crippen LogP contribution in [-0.4, -0.2) is 28.0 Å². The van der Waals surface area contributed by atoms with Crippen LogP contribution in [0.15, 0.2) is 91.1 Å². The predicted octanol–water partition coefficient (Wildman–Crippen LogP) is 4.97. The maximum absolute atomic E-state index is 13.1. The molecular weight excluding hydrogens is 400 g/mol. The topological polar surface area (TPSA) is 79.3 Å². The Labute approximate surface area is 184 Å². The minimum atomic E-state index is -1.09. The first-order valence-electron chi connectivity index (χ1n) is 10.4. The average Bonchev–Trinajstić information content (AvgIpc) is 2.82. The molecule has 1 amide bonds. The van der Waals surface area contributed by atoms with Crippen LogP contribution in [-0.2, 0) is 11.2 Å². The molecular formula is C27H20N2O3. The van der Waals surface area contributed by atoms with Gasteiger partial charge in [0.2, 0.25) is 0 Å². The molecule has 5 heteroatoms. The van der Waals surface area contributed by atoms with Gasteiger partial charge in [0, 0.05) is 18.0 Å². The van der Waals surface area contributed by atoms with E-state index in [1.807, 2.05) is 60.7 Å². The Morgan fingerprint density at radius 3 is 2.12 bits per heavy atom. The maximum Gasteiger partial charge on any atom is 0.326 e. The van der Waals surface area contributed by atoms with Gasteiger partial charge in [0.1, 0.15) is 6.04 Å². The largest absolute Gasteiger partial charge is 0.480 e. The highest BCUT2D eigenvalue weighted by Crippen LogP contribution is 2.29. The van der Waals surface area contributed by atoms with E-state index < -0.39 is 17.9 Å². The number of rotatable bonds is 5. The first-order chi connectivity index (χ1) is 15.6. The third kappa shape index (κ3) is 3.54. The molecule has 2 N–H and O–H groups in total. The maximum atomic E-state index is 13.1. The SMILES string of the molecule is O=C(N[C@@H](Cc1c2ccccc2cc2ccccc12)C(=O)O)c1cccc2cccnc12. The molecule has 32 heavy (non-hydrogen) atoms. The number of carboxylic acid groups (broad SMARTS) is 1. The number of carbonyl (C=O) groups excluding carboxylic acids is 1. The van der Waals surface area contributed by atoms with Crippen molar-refractivity contribution < 1.29 is 14.7 Å². The van der Waals surface area contributed by atoms with E-state index in [1.165, 1.54) is 0 Å². The molecule has 4 aromatic carbocycles. The van der Waals surface area contributed by atoms with Crippen molar-refractivity contribution in [2.24, 2.45) is 0 Å². The molecule has 0 aliphatic rings. The Morgan fingerprint density at radius 1 is 0.812 bits per heavy atom. The molecule has 0 aliphatic heterocycles. The Balaban J connectivity index is 1.55. The lowest BCUT2D eigenvalue weighted by Gasteiger charge is -2.18. The van der Waals surface area contributed by atoms with Gasteiger partial charge in [0.15, 0.2) is 0 Å². The number of para-hydroxylation sites is 1. The lowest BCUT2D eigenvalue weighted by molar-refractivity contribution is -0.139. The van der Waals surface area contributed by atoms with Gasteiger partial charge in [0.25, 0.3) is 5.91 Å². The Morgan fingerprint density at radius 2 is 1.44 bits per heavy atom. The molecule has 5 nitrogen and oxygen atoms in total. The summed E-state index contributed by atoms with van der Waals surface area (Å²) in [6, 6.07) is 25.8. The summed E-state index contributed by atoms with van der Waals surface area (Å²) in [5, 5.41) is 17.6. The summed E-state index contributed by atoms with van der Waals surface area (Å²) in [5.41, 5.74) is 1.81. The lowest BCUT2D eigenvalue weighted by atomic mass is 9.92. The van der Waals surface area contributed by atoms with Crippen molar-refractivity contribution in [3.63, 3.8) is 0 Å². The summed E-state index contributed by atoms with van der Waals surface area (Å²) in [4.78, 5) is 29.6. The smallest absolute Gasteiger partial charge is 0.326 e. The predicted molar refractivity (Wildman–Crippen MR) is 126 cm³/mol. The second-order valence-corrected chi connectivity index (χ2v) is 7.75. The summed E-state index contributed by atoms with van der Waals surface area (Å²) in [6.07, 6.45) is 1.79. The van der Waals surface area contributed by atoms with E-state index in [-0.39, 0.29) is 6.42 Å². The van der Waals surface area contributed by atoms with Crippen LogP contribution < -0.4 is 5.32 Å². The van der Waals surface area contributed by atoms with Crippen LogP contribution in [0.4, 0.5) is 0 Å². The van der Waals surface area contributed by atoms with Crippen LogP contribution in [0.25, 0.3) is 32.4 Å². The number of carboxylic acids is 1. The zero-order valence-electron chi connectivity index (χ0n) is 17.2. The van der Waals surface area contributed by atoms with E-state index in [1.54, 1.807) is 24.4 Å². The third-order valence-electron chi connectivity index (χ3n) is 5.77. The number of aromatic nitrogens is 1. The highest BCUT2D eigenvalue weighted by molar-refractivity contribution is 6.07. The van der Waals surface area contributed by atoms with E-state index >= 15 is 0 Å². The average molecular weight is 420 g/mol. The number of aliphatic carboxylic acids is 1. The molecule has 0 fully saturated rings. The van der Waals surface area contributed by atoms with Gasteiger partial charge >= 0.3 is 5.97 Å². The summed E-state index contributed by atoms with van der Waals surface area (Å²) < 4.78 is 0. The molecule has 0 spiro atoms. The molecule has 0 saturated heterocycles. The first kappa shape index (κ1) is 19.7. The molecule has 0 aliphatic carbocycles. The summed E-state index contributed by atoms with van der Waals surface area (Å²) in [7, 11) is 0. The van der Waals surface area contributed by atoms with Gasteiger partial charge < -0.3 is 10.4 Å². The van der Waals surface area contributed by atoms with E-state index in [2.05, 4.69) is 16.4 Å². The minimum Gasteiger partial charge on any atom is -0.480 e. The fraction of sp³-hybridized carbons (Fsp3) is 0.0741. The lowest BCUT2D eigenvalue weighted by Crippen LogP contribution is -2.42. The molecule has 0 unspecified atom stereocenters. The van der Waals surface area contributed by atoms with Crippen molar-refractivity contribution in [3.8, 4) is 0 Å². The minimum absolute atomic E-state index is 0.168. The number of pyridine rings is 1. The Bertz CT molecular complexity index is 1430. The first-order valence-corrected chi connectivity index (χ1v) is 10.4. The van der Waals surface area contributed by atoms with E-state index in [0.717, 1.165) is 32.5 Å². The van der Waals surface area contributed by atoms with Crippen LogP contribution in [0.5, 0.6) is 0 Å². The highest BCUT2D eigenvalue weighted by atomic mass is 16.4. The van der Waals surface area contributed by atoms with Crippen molar-refractivity contribution in [3.05, 3.63) is 102 Å². The number of benzene rings is 4. The summed E-state index contributed by atoms with van der Waals surface area (Å²) in [6.45, 7) is 0. The number of carbonyl (C=O) groups is 2. The fourth-order valence-electron chi connectivity index (χ4n) is 4.26. The molecule has 1 atom stereocenters. The Hall–Kier alpha value is -4.25. The molecule has 5 aromatic rings.